The van der Waals surface area contributed by atoms with E-state index in [2.05, 4.69) is 27.9 Å². The van der Waals surface area contributed by atoms with Crippen molar-refractivity contribution in [3.05, 3.63) is 33.4 Å². The van der Waals surface area contributed by atoms with Crippen LogP contribution in [0, 0.1) is 9.49 Å². The normalized spacial score (nSPS) is 23.7. The van der Waals surface area contributed by atoms with Crippen molar-refractivity contribution >= 4 is 40.1 Å². The molecule has 0 spiro atoms. The maximum Gasteiger partial charge on any atom is 0.251 e. The molecule has 1 aromatic carbocycles. The largest absolute Gasteiger partial charge is 0.352 e. The van der Waals surface area contributed by atoms with Gasteiger partial charge in [-0.15, -0.1) is 11.6 Å². The molecular weight excluding hydrogens is 361 g/mol. The summed E-state index contributed by atoms with van der Waals surface area (Å²) in [5.74, 6) is 0.425. The first-order valence-corrected chi connectivity index (χ1v) is 7.86. The van der Waals surface area contributed by atoms with Gasteiger partial charge >= 0.3 is 0 Å². The lowest BCUT2D eigenvalue weighted by molar-refractivity contribution is 0.0944. The molecule has 0 radical (unpaired) electrons. The summed E-state index contributed by atoms with van der Waals surface area (Å²) >= 11 is 8.51. The van der Waals surface area contributed by atoms with Gasteiger partial charge in [0.05, 0.1) is 0 Å². The van der Waals surface area contributed by atoms with E-state index in [4.69, 9.17) is 11.6 Å². The van der Waals surface area contributed by atoms with E-state index in [1.54, 1.807) is 0 Å². The predicted molar refractivity (Wildman–Crippen MR) is 83.1 cm³/mol. The predicted octanol–water partition coefficient (Wildman–Crippen LogP) is 3.82. The third-order valence-corrected chi connectivity index (χ3v) is 4.74. The molecule has 1 aromatic rings. The van der Waals surface area contributed by atoms with Crippen LogP contribution in [-0.2, 0) is 0 Å². The number of nitrogens with one attached hydrogen (secondary N) is 1. The minimum Gasteiger partial charge on any atom is -0.352 e. The first kappa shape index (κ1) is 14.1. The topological polar surface area (TPSA) is 29.1 Å². The van der Waals surface area contributed by atoms with Gasteiger partial charge in [-0.2, -0.15) is 0 Å². The molecule has 18 heavy (non-hydrogen) atoms. The highest BCUT2D eigenvalue weighted by Gasteiger charge is 2.23. The highest BCUT2D eigenvalue weighted by molar-refractivity contribution is 14.1. The lowest BCUT2D eigenvalue weighted by Crippen LogP contribution is -2.34. The Kier molecular flexibility index (Phi) is 5.30. The van der Waals surface area contributed by atoms with Crippen molar-refractivity contribution in [3.63, 3.8) is 0 Å². The van der Waals surface area contributed by atoms with Crippen LogP contribution in [0.15, 0.2) is 24.3 Å². The van der Waals surface area contributed by atoms with E-state index in [9.17, 15) is 4.79 Å². The monoisotopic (exact) mass is 377 g/mol. The summed E-state index contributed by atoms with van der Waals surface area (Å²) < 4.78 is 1.14. The van der Waals surface area contributed by atoms with Gasteiger partial charge in [0.2, 0.25) is 0 Å². The lowest BCUT2D eigenvalue weighted by atomic mass is 9.88. The molecule has 1 fully saturated rings. The molecule has 98 valence electrons. The van der Waals surface area contributed by atoms with E-state index in [1.807, 2.05) is 24.3 Å². The van der Waals surface area contributed by atoms with Crippen LogP contribution >= 0.6 is 34.2 Å². The van der Waals surface area contributed by atoms with Crippen LogP contribution in [-0.4, -0.2) is 17.8 Å². The maximum atomic E-state index is 11.9. The van der Waals surface area contributed by atoms with Gasteiger partial charge in [-0.05, 0) is 65.6 Å². The summed E-state index contributed by atoms with van der Waals surface area (Å²) in [5.41, 5.74) is 0.720. The van der Waals surface area contributed by atoms with Crippen molar-refractivity contribution in [2.75, 3.05) is 6.54 Å². The minimum absolute atomic E-state index is 0.000778. The molecule has 0 aliphatic heterocycles. The van der Waals surface area contributed by atoms with Crippen molar-refractivity contribution in [3.8, 4) is 0 Å². The molecule has 1 aliphatic rings. The van der Waals surface area contributed by atoms with E-state index < -0.39 is 0 Å². The molecule has 0 saturated heterocycles. The number of hydrogen-bond donors (Lipinski definition) is 1. The molecular formula is C14H17ClINO. The highest BCUT2D eigenvalue weighted by atomic mass is 127. The van der Waals surface area contributed by atoms with Gasteiger partial charge in [-0.1, -0.05) is 12.8 Å². The number of benzene rings is 1. The summed E-state index contributed by atoms with van der Waals surface area (Å²) in [6, 6.07) is 7.60. The Labute approximate surface area is 127 Å². The first-order valence-electron chi connectivity index (χ1n) is 6.34. The van der Waals surface area contributed by atoms with Crippen LogP contribution in [0.1, 0.15) is 36.0 Å². The fourth-order valence-electron chi connectivity index (χ4n) is 2.32. The number of alkyl halides is 1. The average Bonchev–Trinajstić information content (AvgIpc) is 2.38. The zero-order chi connectivity index (χ0) is 13.0. The fourth-order valence-corrected chi connectivity index (χ4v) is 3.05. The molecule has 2 nitrogen and oxygen atoms in total. The smallest absolute Gasteiger partial charge is 0.251 e. The molecule has 1 aliphatic carbocycles. The molecule has 2 rings (SSSR count). The van der Waals surface area contributed by atoms with Gasteiger partial charge in [0.25, 0.3) is 5.91 Å². The third-order valence-electron chi connectivity index (χ3n) is 3.45. The Morgan fingerprint density at radius 3 is 2.61 bits per heavy atom. The van der Waals surface area contributed by atoms with Crippen LogP contribution in [0.25, 0.3) is 0 Å². The van der Waals surface area contributed by atoms with Gasteiger partial charge in [0, 0.05) is 21.1 Å². The second-order valence-corrected chi connectivity index (χ2v) is 6.58. The number of carbonyl (C=O) groups excluding carboxylic acids is 1. The number of carbonyl (C=O) groups is 1. The molecule has 2 unspecified atom stereocenters. The van der Waals surface area contributed by atoms with Crippen molar-refractivity contribution in [1.82, 2.24) is 5.32 Å². The Hall–Kier alpha value is -0.290. The SMILES string of the molecule is O=C(NCC1CCCCC1Cl)c1ccc(I)cc1. The number of rotatable bonds is 3. The van der Waals surface area contributed by atoms with Gasteiger partial charge in [-0.3, -0.25) is 4.79 Å². The van der Waals surface area contributed by atoms with Crippen LogP contribution in [0.3, 0.4) is 0 Å². The summed E-state index contributed by atoms with van der Waals surface area (Å²) in [6.07, 6.45) is 4.65. The maximum absolute atomic E-state index is 11.9. The molecule has 0 aromatic heterocycles. The molecule has 4 heteroatoms. The molecule has 2 atom stereocenters. The number of amides is 1. The number of hydrogen-bond acceptors (Lipinski definition) is 1. The molecule has 0 bridgehead atoms. The summed E-state index contributed by atoms with van der Waals surface area (Å²) in [6.45, 7) is 0.693. The molecule has 1 amide bonds. The highest BCUT2D eigenvalue weighted by Crippen LogP contribution is 2.28. The zero-order valence-corrected chi connectivity index (χ0v) is 13.1. The summed E-state index contributed by atoms with van der Waals surface area (Å²) in [7, 11) is 0. The minimum atomic E-state index is 0.000778. The summed E-state index contributed by atoms with van der Waals surface area (Å²) in [5, 5.41) is 3.21. The molecule has 1 saturated carbocycles. The Morgan fingerprint density at radius 2 is 1.94 bits per heavy atom. The van der Waals surface area contributed by atoms with E-state index in [1.165, 1.54) is 12.8 Å². The van der Waals surface area contributed by atoms with Crippen LogP contribution in [0.2, 0.25) is 0 Å². The second kappa shape index (κ2) is 6.75. The van der Waals surface area contributed by atoms with Crippen LogP contribution in [0.5, 0.6) is 0 Å². The van der Waals surface area contributed by atoms with E-state index >= 15 is 0 Å². The van der Waals surface area contributed by atoms with Crippen LogP contribution < -0.4 is 5.32 Å². The van der Waals surface area contributed by atoms with Crippen molar-refractivity contribution < 1.29 is 4.79 Å². The van der Waals surface area contributed by atoms with E-state index in [-0.39, 0.29) is 11.3 Å². The Bertz CT molecular complexity index is 407. The zero-order valence-electron chi connectivity index (χ0n) is 10.2. The first-order chi connectivity index (χ1) is 8.66. The molecule has 0 heterocycles. The Balaban J connectivity index is 1.86. The van der Waals surface area contributed by atoms with Crippen molar-refractivity contribution in [2.45, 2.75) is 31.1 Å². The van der Waals surface area contributed by atoms with Gasteiger partial charge < -0.3 is 5.32 Å². The number of halogens is 2. The molecule has 1 N–H and O–H groups in total. The van der Waals surface area contributed by atoms with Gasteiger partial charge in [0.15, 0.2) is 0 Å². The quantitative estimate of drug-likeness (QED) is 0.630. The standard InChI is InChI=1S/C14H17ClINO/c15-13-4-2-1-3-11(13)9-17-14(18)10-5-7-12(16)8-6-10/h5-8,11,13H,1-4,9H2,(H,17,18). The van der Waals surface area contributed by atoms with Crippen molar-refractivity contribution in [2.24, 2.45) is 5.92 Å². The van der Waals surface area contributed by atoms with Gasteiger partial charge in [0.1, 0.15) is 0 Å². The third kappa shape index (κ3) is 3.85. The van der Waals surface area contributed by atoms with Crippen molar-refractivity contribution in [1.29, 1.82) is 0 Å². The average molecular weight is 378 g/mol. The van der Waals surface area contributed by atoms with Gasteiger partial charge in [-0.25, -0.2) is 0 Å². The fraction of sp³-hybridized carbons (Fsp3) is 0.500. The van der Waals surface area contributed by atoms with E-state index in [0.717, 1.165) is 22.0 Å². The lowest BCUT2D eigenvalue weighted by Gasteiger charge is -2.27. The van der Waals surface area contributed by atoms with E-state index in [0.29, 0.717) is 12.5 Å². The summed E-state index contributed by atoms with van der Waals surface area (Å²) in [4.78, 5) is 11.9. The second-order valence-electron chi connectivity index (χ2n) is 4.78. The van der Waals surface area contributed by atoms with Crippen LogP contribution in [0.4, 0.5) is 0 Å². The Morgan fingerprint density at radius 1 is 1.28 bits per heavy atom.